The van der Waals surface area contributed by atoms with E-state index in [4.69, 9.17) is 0 Å². The molecule has 0 atom stereocenters. The number of aromatic nitrogens is 1. The molecule has 0 radical (unpaired) electrons. The Bertz CT molecular complexity index is 969. The minimum absolute atomic E-state index is 0.0695. The quantitative estimate of drug-likeness (QED) is 0.725. The number of rotatable bonds is 5. The highest BCUT2D eigenvalue weighted by Gasteiger charge is 2.30. The molecule has 2 amide bonds. The Labute approximate surface area is 194 Å². The SMILES string of the molecule is CC(C)Nc1cccnc1-c1cccc(C(=O)N2CCSCC2)c1C(=O)N1CCNCC1. The fourth-order valence-corrected chi connectivity index (χ4v) is 5.07. The van der Waals surface area contributed by atoms with Crippen LogP contribution >= 0.6 is 11.8 Å². The van der Waals surface area contributed by atoms with Gasteiger partial charge in [0.2, 0.25) is 0 Å². The largest absolute Gasteiger partial charge is 0.381 e. The van der Waals surface area contributed by atoms with E-state index in [1.807, 2.05) is 45.8 Å². The topological polar surface area (TPSA) is 77.6 Å². The zero-order valence-electron chi connectivity index (χ0n) is 18.8. The number of nitrogens with one attached hydrogen (secondary N) is 2. The molecule has 0 saturated carbocycles. The maximum absolute atomic E-state index is 13.8. The van der Waals surface area contributed by atoms with Crippen molar-refractivity contribution in [2.24, 2.45) is 0 Å². The Morgan fingerprint density at radius 1 is 1.00 bits per heavy atom. The predicted octanol–water partition coefficient (Wildman–Crippen LogP) is 2.80. The highest BCUT2D eigenvalue weighted by molar-refractivity contribution is 7.99. The Hall–Kier alpha value is -2.58. The average molecular weight is 454 g/mol. The van der Waals surface area contributed by atoms with E-state index in [0.29, 0.717) is 48.6 Å². The number of anilines is 1. The van der Waals surface area contributed by atoms with Crippen molar-refractivity contribution in [3.8, 4) is 11.3 Å². The van der Waals surface area contributed by atoms with Gasteiger partial charge in [-0.2, -0.15) is 11.8 Å². The summed E-state index contributed by atoms with van der Waals surface area (Å²) >= 11 is 1.86. The lowest BCUT2D eigenvalue weighted by Gasteiger charge is -2.31. The second-order valence-corrected chi connectivity index (χ2v) is 9.60. The molecule has 2 saturated heterocycles. The van der Waals surface area contributed by atoms with Gasteiger partial charge < -0.3 is 20.4 Å². The van der Waals surface area contributed by atoms with E-state index in [9.17, 15) is 9.59 Å². The first-order valence-corrected chi connectivity index (χ1v) is 12.4. The molecule has 1 aromatic heterocycles. The maximum atomic E-state index is 13.8. The molecule has 0 unspecified atom stereocenters. The van der Waals surface area contributed by atoms with E-state index in [2.05, 4.69) is 29.5 Å². The van der Waals surface area contributed by atoms with Crippen LogP contribution in [-0.4, -0.2) is 83.4 Å². The number of piperazine rings is 1. The van der Waals surface area contributed by atoms with Crippen molar-refractivity contribution in [2.75, 3.05) is 56.1 Å². The monoisotopic (exact) mass is 453 g/mol. The fraction of sp³-hybridized carbons (Fsp3) is 0.458. The third-order valence-electron chi connectivity index (χ3n) is 5.72. The lowest BCUT2D eigenvalue weighted by Crippen LogP contribution is -2.47. The third kappa shape index (κ3) is 4.91. The van der Waals surface area contributed by atoms with Gasteiger partial charge in [-0.25, -0.2) is 0 Å². The minimum atomic E-state index is -0.0991. The van der Waals surface area contributed by atoms with Crippen LogP contribution in [0.2, 0.25) is 0 Å². The van der Waals surface area contributed by atoms with Crippen molar-refractivity contribution in [1.82, 2.24) is 20.1 Å². The number of amides is 2. The van der Waals surface area contributed by atoms with Crippen molar-refractivity contribution in [3.63, 3.8) is 0 Å². The van der Waals surface area contributed by atoms with Crippen LogP contribution in [0.5, 0.6) is 0 Å². The Balaban J connectivity index is 1.83. The van der Waals surface area contributed by atoms with Crippen molar-refractivity contribution in [1.29, 1.82) is 0 Å². The highest BCUT2D eigenvalue weighted by Crippen LogP contribution is 2.32. The number of carbonyl (C=O) groups is 2. The van der Waals surface area contributed by atoms with Crippen LogP contribution in [0.3, 0.4) is 0 Å². The van der Waals surface area contributed by atoms with Gasteiger partial charge in [-0.05, 0) is 32.0 Å². The molecule has 0 spiro atoms. The number of hydrogen-bond donors (Lipinski definition) is 2. The molecule has 0 aliphatic carbocycles. The van der Waals surface area contributed by atoms with Gasteiger partial charge in [-0.15, -0.1) is 0 Å². The summed E-state index contributed by atoms with van der Waals surface area (Å²) in [4.78, 5) is 35.7. The van der Waals surface area contributed by atoms with Crippen LogP contribution in [0.4, 0.5) is 5.69 Å². The lowest BCUT2D eigenvalue weighted by molar-refractivity contribution is 0.0711. The number of carbonyl (C=O) groups excluding carboxylic acids is 2. The van der Waals surface area contributed by atoms with Gasteiger partial charge in [-0.3, -0.25) is 14.6 Å². The molecule has 2 aliphatic heterocycles. The average Bonchev–Trinajstić information content (AvgIpc) is 2.84. The molecule has 32 heavy (non-hydrogen) atoms. The number of pyridine rings is 1. The van der Waals surface area contributed by atoms with E-state index in [-0.39, 0.29) is 17.9 Å². The standard InChI is InChI=1S/C24H31N5O2S/c1-17(2)27-20-7-4-8-26-22(20)18-5-3-6-19(23(30)29-13-15-32-16-14-29)21(18)24(31)28-11-9-25-10-12-28/h3-8,17,25,27H,9-16H2,1-2H3. The van der Waals surface area contributed by atoms with E-state index in [1.54, 1.807) is 12.3 Å². The molecule has 2 aliphatic rings. The smallest absolute Gasteiger partial charge is 0.255 e. The van der Waals surface area contributed by atoms with E-state index >= 15 is 0 Å². The highest BCUT2D eigenvalue weighted by atomic mass is 32.2. The van der Waals surface area contributed by atoms with E-state index < -0.39 is 0 Å². The summed E-state index contributed by atoms with van der Waals surface area (Å²) in [5.74, 6) is 1.68. The van der Waals surface area contributed by atoms with Crippen molar-refractivity contribution < 1.29 is 9.59 Å². The van der Waals surface area contributed by atoms with Crippen molar-refractivity contribution in [2.45, 2.75) is 19.9 Å². The van der Waals surface area contributed by atoms with Gasteiger partial charge >= 0.3 is 0 Å². The minimum Gasteiger partial charge on any atom is -0.381 e. The maximum Gasteiger partial charge on any atom is 0.255 e. The van der Waals surface area contributed by atoms with Gasteiger partial charge in [-0.1, -0.05) is 12.1 Å². The molecular weight excluding hydrogens is 422 g/mol. The van der Waals surface area contributed by atoms with E-state index in [1.165, 1.54) is 0 Å². The molecule has 2 fully saturated rings. The van der Waals surface area contributed by atoms with Gasteiger partial charge in [0, 0.05) is 68.6 Å². The molecular formula is C24H31N5O2S. The molecule has 2 aromatic rings. The van der Waals surface area contributed by atoms with Crippen molar-refractivity contribution >= 4 is 29.3 Å². The van der Waals surface area contributed by atoms with Crippen LogP contribution in [0.15, 0.2) is 36.5 Å². The summed E-state index contributed by atoms with van der Waals surface area (Å²) in [7, 11) is 0. The number of benzene rings is 1. The van der Waals surface area contributed by atoms with Crippen molar-refractivity contribution in [3.05, 3.63) is 47.7 Å². The van der Waals surface area contributed by atoms with Gasteiger partial charge in [0.1, 0.15) is 0 Å². The summed E-state index contributed by atoms with van der Waals surface area (Å²) in [5.41, 5.74) is 3.19. The zero-order chi connectivity index (χ0) is 22.5. The molecule has 3 heterocycles. The first-order valence-electron chi connectivity index (χ1n) is 11.3. The zero-order valence-corrected chi connectivity index (χ0v) is 19.6. The molecule has 170 valence electrons. The molecule has 7 nitrogen and oxygen atoms in total. The van der Waals surface area contributed by atoms with Gasteiger partial charge in [0.05, 0.1) is 22.5 Å². The second kappa shape index (κ2) is 10.4. The Kier molecular flexibility index (Phi) is 7.32. The Morgan fingerprint density at radius 3 is 2.44 bits per heavy atom. The van der Waals surface area contributed by atoms with Crippen LogP contribution in [0, 0.1) is 0 Å². The van der Waals surface area contributed by atoms with Crippen LogP contribution in [0.1, 0.15) is 34.6 Å². The molecule has 2 N–H and O–H groups in total. The van der Waals surface area contributed by atoms with Gasteiger partial charge in [0.15, 0.2) is 0 Å². The lowest BCUT2D eigenvalue weighted by atomic mass is 9.95. The molecule has 8 heteroatoms. The number of nitrogens with zero attached hydrogens (tertiary/aromatic N) is 3. The first-order chi connectivity index (χ1) is 15.6. The Morgan fingerprint density at radius 2 is 1.72 bits per heavy atom. The summed E-state index contributed by atoms with van der Waals surface area (Å²) in [6.07, 6.45) is 1.73. The predicted molar refractivity (Wildman–Crippen MR) is 130 cm³/mol. The van der Waals surface area contributed by atoms with E-state index in [0.717, 1.165) is 30.3 Å². The molecule has 0 bridgehead atoms. The summed E-state index contributed by atoms with van der Waals surface area (Å²) in [6.45, 7) is 8.31. The van der Waals surface area contributed by atoms with Crippen LogP contribution < -0.4 is 10.6 Å². The summed E-state index contributed by atoms with van der Waals surface area (Å²) in [5, 5.41) is 6.73. The third-order valence-corrected chi connectivity index (χ3v) is 6.66. The number of hydrogen-bond acceptors (Lipinski definition) is 6. The first kappa shape index (κ1) is 22.6. The normalized spacial score (nSPS) is 16.8. The summed E-state index contributed by atoms with van der Waals surface area (Å²) < 4.78 is 0. The fourth-order valence-electron chi connectivity index (χ4n) is 4.17. The van der Waals surface area contributed by atoms with Crippen LogP contribution in [-0.2, 0) is 0 Å². The molecule has 4 rings (SSSR count). The van der Waals surface area contributed by atoms with Gasteiger partial charge in [0.25, 0.3) is 11.8 Å². The number of thioether (sulfide) groups is 1. The molecule has 1 aromatic carbocycles. The summed E-state index contributed by atoms with van der Waals surface area (Å²) in [6, 6.07) is 9.63. The van der Waals surface area contributed by atoms with Crippen LogP contribution in [0.25, 0.3) is 11.3 Å². The second-order valence-electron chi connectivity index (χ2n) is 8.37.